The van der Waals surface area contributed by atoms with Crippen LogP contribution in [0.15, 0.2) is 41.3 Å². The predicted molar refractivity (Wildman–Crippen MR) is 89.8 cm³/mol. The summed E-state index contributed by atoms with van der Waals surface area (Å²) in [5, 5.41) is 0.479. The fourth-order valence-electron chi connectivity index (χ4n) is 2.38. The molecule has 2 aromatic heterocycles. The lowest BCUT2D eigenvalue weighted by molar-refractivity contribution is 0.355. The standard InChI is InChI=1S/C16H15N3O3S/c1-21-13-7-11-12(8-14(13)22-2)18-16(23)19(15(11)20)9-10-5-3-4-6-17-10/h3-8H,9H2,1-2H3,(H,18,23). The van der Waals surface area contributed by atoms with Crippen LogP contribution in [0.25, 0.3) is 10.9 Å². The second-order valence-electron chi connectivity index (χ2n) is 4.90. The Morgan fingerprint density at radius 1 is 1.22 bits per heavy atom. The minimum Gasteiger partial charge on any atom is -0.493 e. The molecule has 23 heavy (non-hydrogen) atoms. The van der Waals surface area contributed by atoms with Gasteiger partial charge < -0.3 is 14.5 Å². The predicted octanol–water partition coefficient (Wildman–Crippen LogP) is 2.52. The maximum Gasteiger partial charge on any atom is 0.262 e. The molecule has 0 saturated carbocycles. The molecule has 0 aliphatic rings. The number of nitrogens with zero attached hydrogens (tertiary/aromatic N) is 2. The maximum atomic E-state index is 12.8. The van der Waals surface area contributed by atoms with Crippen LogP contribution in [0.4, 0.5) is 0 Å². The van der Waals surface area contributed by atoms with Crippen LogP contribution in [0.2, 0.25) is 0 Å². The Bertz CT molecular complexity index is 964. The van der Waals surface area contributed by atoms with Gasteiger partial charge in [0.25, 0.3) is 5.56 Å². The summed E-state index contributed by atoms with van der Waals surface area (Å²) in [5.74, 6) is 1.03. The van der Waals surface area contributed by atoms with Gasteiger partial charge >= 0.3 is 0 Å². The zero-order chi connectivity index (χ0) is 16.4. The van der Waals surface area contributed by atoms with Crippen LogP contribution in [0.1, 0.15) is 5.69 Å². The summed E-state index contributed by atoms with van der Waals surface area (Å²) >= 11 is 5.31. The number of aromatic nitrogens is 3. The number of benzene rings is 1. The summed E-state index contributed by atoms with van der Waals surface area (Å²) in [6, 6.07) is 8.90. The highest BCUT2D eigenvalue weighted by Crippen LogP contribution is 2.29. The monoisotopic (exact) mass is 329 g/mol. The van der Waals surface area contributed by atoms with Crippen molar-refractivity contribution in [2.75, 3.05) is 14.2 Å². The third-order valence-electron chi connectivity index (χ3n) is 3.53. The minimum atomic E-state index is -0.199. The summed E-state index contributed by atoms with van der Waals surface area (Å²) in [5.41, 5.74) is 1.17. The lowest BCUT2D eigenvalue weighted by atomic mass is 10.2. The molecule has 0 spiro atoms. The second-order valence-corrected chi connectivity index (χ2v) is 5.28. The van der Waals surface area contributed by atoms with Crippen molar-refractivity contribution in [3.05, 3.63) is 57.3 Å². The van der Waals surface area contributed by atoms with E-state index in [-0.39, 0.29) is 5.56 Å². The first-order valence-electron chi connectivity index (χ1n) is 6.93. The first-order valence-corrected chi connectivity index (χ1v) is 7.33. The SMILES string of the molecule is COc1cc2[nH]c(=S)n(Cc3ccccn3)c(=O)c2cc1OC. The molecule has 0 atom stereocenters. The number of methoxy groups -OCH3 is 2. The van der Waals surface area contributed by atoms with E-state index in [2.05, 4.69) is 9.97 Å². The van der Waals surface area contributed by atoms with E-state index in [0.29, 0.717) is 33.7 Å². The molecular weight excluding hydrogens is 314 g/mol. The van der Waals surface area contributed by atoms with Crippen molar-refractivity contribution in [2.45, 2.75) is 6.54 Å². The number of ether oxygens (including phenoxy) is 2. The topological polar surface area (TPSA) is 69.1 Å². The highest BCUT2D eigenvalue weighted by Gasteiger charge is 2.12. The molecule has 0 radical (unpaired) electrons. The van der Waals surface area contributed by atoms with Crippen LogP contribution >= 0.6 is 12.2 Å². The average Bonchev–Trinajstić information content (AvgIpc) is 2.58. The van der Waals surface area contributed by atoms with E-state index in [0.717, 1.165) is 5.69 Å². The lowest BCUT2D eigenvalue weighted by Crippen LogP contribution is -2.23. The van der Waals surface area contributed by atoms with E-state index in [1.165, 1.54) is 11.7 Å². The molecule has 118 valence electrons. The molecule has 0 saturated heterocycles. The zero-order valence-electron chi connectivity index (χ0n) is 12.7. The Balaban J connectivity index is 2.21. The molecule has 0 aliphatic carbocycles. The Labute approximate surface area is 137 Å². The molecule has 0 bridgehead atoms. The van der Waals surface area contributed by atoms with Crippen molar-refractivity contribution < 1.29 is 9.47 Å². The molecular formula is C16H15N3O3S. The Kier molecular flexibility index (Phi) is 4.12. The largest absolute Gasteiger partial charge is 0.493 e. The van der Waals surface area contributed by atoms with Crippen LogP contribution in [-0.2, 0) is 6.54 Å². The Morgan fingerprint density at radius 2 is 1.96 bits per heavy atom. The third-order valence-corrected chi connectivity index (χ3v) is 3.85. The Hall–Kier alpha value is -2.67. The van der Waals surface area contributed by atoms with Crippen LogP contribution in [0.5, 0.6) is 11.5 Å². The fourth-order valence-corrected chi connectivity index (χ4v) is 2.63. The van der Waals surface area contributed by atoms with Gasteiger partial charge in [-0.1, -0.05) is 6.07 Å². The second kappa shape index (κ2) is 6.21. The van der Waals surface area contributed by atoms with Crippen LogP contribution in [0, 0.1) is 4.77 Å². The Morgan fingerprint density at radius 3 is 2.61 bits per heavy atom. The van der Waals surface area contributed by atoms with Gasteiger partial charge in [-0.3, -0.25) is 14.3 Å². The highest BCUT2D eigenvalue weighted by atomic mass is 32.1. The molecule has 0 unspecified atom stereocenters. The number of fused-ring (bicyclic) bond motifs is 1. The first kappa shape index (κ1) is 15.2. The highest BCUT2D eigenvalue weighted by molar-refractivity contribution is 7.71. The van der Waals surface area contributed by atoms with Crippen molar-refractivity contribution in [3.8, 4) is 11.5 Å². The molecule has 3 aromatic rings. The minimum absolute atomic E-state index is 0.199. The molecule has 2 heterocycles. The van der Waals surface area contributed by atoms with Gasteiger partial charge in [-0.15, -0.1) is 0 Å². The molecule has 0 amide bonds. The van der Waals surface area contributed by atoms with Gasteiger partial charge in [0.15, 0.2) is 16.3 Å². The van der Waals surface area contributed by atoms with E-state index in [9.17, 15) is 4.79 Å². The van der Waals surface area contributed by atoms with Gasteiger partial charge in [0.2, 0.25) is 0 Å². The van der Waals surface area contributed by atoms with Crippen LogP contribution < -0.4 is 15.0 Å². The van der Waals surface area contributed by atoms with Crippen molar-refractivity contribution in [1.29, 1.82) is 0 Å². The normalized spacial score (nSPS) is 10.7. The summed E-state index contributed by atoms with van der Waals surface area (Å²) in [6.07, 6.45) is 1.68. The van der Waals surface area contributed by atoms with Crippen molar-refractivity contribution in [3.63, 3.8) is 0 Å². The lowest BCUT2D eigenvalue weighted by Gasteiger charge is -2.11. The zero-order valence-corrected chi connectivity index (χ0v) is 13.5. The van der Waals surface area contributed by atoms with Crippen LogP contribution in [0.3, 0.4) is 0 Å². The molecule has 0 fully saturated rings. The van der Waals surface area contributed by atoms with E-state index in [1.54, 1.807) is 25.4 Å². The van der Waals surface area contributed by atoms with Crippen LogP contribution in [-0.4, -0.2) is 28.8 Å². The smallest absolute Gasteiger partial charge is 0.262 e. The van der Waals surface area contributed by atoms with Gasteiger partial charge in [-0.25, -0.2) is 0 Å². The van der Waals surface area contributed by atoms with Gasteiger partial charge in [-0.2, -0.15) is 0 Å². The number of aromatic amines is 1. The molecule has 1 aromatic carbocycles. The molecule has 3 rings (SSSR count). The summed E-state index contributed by atoms with van der Waals surface area (Å²) < 4.78 is 12.3. The molecule has 1 N–H and O–H groups in total. The third kappa shape index (κ3) is 2.83. The van der Waals surface area contributed by atoms with Gasteiger partial charge in [0.05, 0.1) is 37.4 Å². The average molecular weight is 329 g/mol. The molecule has 6 nitrogen and oxygen atoms in total. The summed E-state index contributed by atoms with van der Waals surface area (Å²) in [6.45, 7) is 0.305. The number of pyridine rings is 1. The number of H-pyrrole nitrogens is 1. The quantitative estimate of drug-likeness (QED) is 0.745. The number of nitrogens with one attached hydrogen (secondary N) is 1. The number of hydrogen-bond acceptors (Lipinski definition) is 5. The summed E-state index contributed by atoms with van der Waals surface area (Å²) in [4.78, 5) is 20.1. The van der Waals surface area contributed by atoms with Gasteiger partial charge in [0.1, 0.15) is 0 Å². The van der Waals surface area contributed by atoms with E-state index >= 15 is 0 Å². The summed E-state index contributed by atoms with van der Waals surface area (Å²) in [7, 11) is 3.07. The number of hydrogen-bond donors (Lipinski definition) is 1. The van der Waals surface area contributed by atoms with Crippen molar-refractivity contribution in [2.24, 2.45) is 0 Å². The van der Waals surface area contributed by atoms with Gasteiger partial charge in [-0.05, 0) is 30.4 Å². The van der Waals surface area contributed by atoms with Crippen molar-refractivity contribution in [1.82, 2.24) is 14.5 Å². The van der Waals surface area contributed by atoms with Gasteiger partial charge in [0, 0.05) is 12.3 Å². The van der Waals surface area contributed by atoms with E-state index < -0.39 is 0 Å². The van der Waals surface area contributed by atoms with E-state index in [1.807, 2.05) is 18.2 Å². The van der Waals surface area contributed by atoms with E-state index in [4.69, 9.17) is 21.7 Å². The van der Waals surface area contributed by atoms with Crippen molar-refractivity contribution >= 4 is 23.1 Å². The molecule has 0 aliphatic heterocycles. The fraction of sp³-hybridized carbons (Fsp3) is 0.188. The maximum absolute atomic E-state index is 12.8. The number of rotatable bonds is 4. The first-order chi connectivity index (χ1) is 11.1. The molecule has 7 heteroatoms.